The largest absolute Gasteiger partial charge is 0.477 e. The van der Waals surface area contributed by atoms with Crippen LogP contribution >= 0.6 is 0 Å². The highest BCUT2D eigenvalue weighted by Crippen LogP contribution is 2.22. The van der Waals surface area contributed by atoms with Gasteiger partial charge in [-0.2, -0.15) is 18.3 Å². The number of carbonyl (C=O) groups is 1. The van der Waals surface area contributed by atoms with Crippen LogP contribution in [0.5, 0.6) is 5.88 Å². The molecule has 0 spiro atoms. The van der Waals surface area contributed by atoms with Crippen molar-refractivity contribution < 1.29 is 32.5 Å². The Morgan fingerprint density at radius 1 is 1.60 bits per heavy atom. The number of ether oxygens (including phenoxy) is 2. The van der Waals surface area contributed by atoms with E-state index in [1.807, 2.05) is 0 Å². The first-order valence-electron chi connectivity index (χ1n) is 5.93. The number of aromatic carboxylic acids is 1. The van der Waals surface area contributed by atoms with Crippen molar-refractivity contribution in [3.8, 4) is 5.88 Å². The predicted octanol–water partition coefficient (Wildman–Crippen LogP) is 1.56. The number of halogens is 3. The van der Waals surface area contributed by atoms with E-state index in [0.717, 1.165) is 0 Å². The summed E-state index contributed by atoms with van der Waals surface area (Å²) in [7, 11) is 0. The van der Waals surface area contributed by atoms with E-state index in [4.69, 9.17) is 9.84 Å². The summed E-state index contributed by atoms with van der Waals surface area (Å²) >= 11 is 0. The minimum Gasteiger partial charge on any atom is -0.477 e. The molecule has 0 amide bonds. The summed E-state index contributed by atoms with van der Waals surface area (Å²) in [6.07, 6.45) is -3.83. The van der Waals surface area contributed by atoms with E-state index >= 15 is 0 Å². The van der Waals surface area contributed by atoms with Gasteiger partial charge in [0.2, 0.25) is 5.88 Å². The van der Waals surface area contributed by atoms with E-state index in [1.54, 1.807) is 0 Å². The van der Waals surface area contributed by atoms with Crippen LogP contribution in [0.3, 0.4) is 0 Å². The molecule has 0 saturated carbocycles. The Hall–Kier alpha value is -1.77. The molecule has 1 N–H and O–H groups in total. The molecule has 0 fully saturated rings. The number of carboxylic acids is 1. The maximum Gasteiger partial charge on any atom is 0.411 e. The summed E-state index contributed by atoms with van der Waals surface area (Å²) in [5.41, 5.74) is -0.119. The van der Waals surface area contributed by atoms with Gasteiger partial charge in [-0.05, 0) is 6.42 Å². The molecule has 1 aromatic rings. The van der Waals surface area contributed by atoms with E-state index in [9.17, 15) is 18.0 Å². The first-order chi connectivity index (χ1) is 9.35. The Morgan fingerprint density at radius 3 is 3.00 bits per heavy atom. The van der Waals surface area contributed by atoms with Crippen LogP contribution < -0.4 is 4.74 Å². The number of carboxylic acid groups (broad SMARTS) is 1. The van der Waals surface area contributed by atoms with E-state index < -0.39 is 18.8 Å². The Balaban J connectivity index is 1.86. The second kappa shape index (κ2) is 5.70. The fourth-order valence-corrected chi connectivity index (χ4v) is 1.84. The standard InChI is InChI=1S/C11H13F3N2O4/c12-11(13,14)6-19-4-7-1-2-16-9(20-5-7)3-8(15-16)10(17)18/h3,7H,1-2,4-6H2,(H,17,18). The maximum absolute atomic E-state index is 11.9. The summed E-state index contributed by atoms with van der Waals surface area (Å²) in [4.78, 5) is 10.7. The minimum absolute atomic E-state index is 0.0594. The Morgan fingerprint density at radius 2 is 2.35 bits per heavy atom. The summed E-state index contributed by atoms with van der Waals surface area (Å²) in [5, 5.41) is 12.6. The molecule has 9 heteroatoms. The van der Waals surface area contributed by atoms with Crippen LogP contribution in [0.2, 0.25) is 0 Å². The molecule has 2 heterocycles. The summed E-state index contributed by atoms with van der Waals surface area (Å²) < 4.78 is 47.2. The van der Waals surface area contributed by atoms with Crippen LogP contribution in [0.25, 0.3) is 0 Å². The molecule has 1 unspecified atom stereocenters. The smallest absolute Gasteiger partial charge is 0.411 e. The van der Waals surface area contributed by atoms with Crippen molar-refractivity contribution in [2.75, 3.05) is 19.8 Å². The van der Waals surface area contributed by atoms with Crippen molar-refractivity contribution in [2.45, 2.75) is 19.1 Å². The van der Waals surface area contributed by atoms with Gasteiger partial charge < -0.3 is 14.6 Å². The normalized spacial score (nSPS) is 19.1. The lowest BCUT2D eigenvalue weighted by Gasteiger charge is -2.14. The number of rotatable bonds is 4. The van der Waals surface area contributed by atoms with Gasteiger partial charge in [-0.1, -0.05) is 0 Å². The SMILES string of the molecule is O=C(O)c1cc2n(n1)CCC(COCC(F)(F)F)CO2. The number of hydrogen-bond acceptors (Lipinski definition) is 4. The van der Waals surface area contributed by atoms with E-state index in [2.05, 4.69) is 9.84 Å². The molecule has 2 rings (SSSR count). The molecule has 0 radical (unpaired) electrons. The van der Waals surface area contributed by atoms with Gasteiger partial charge in [-0.3, -0.25) is 0 Å². The van der Waals surface area contributed by atoms with Crippen molar-refractivity contribution in [2.24, 2.45) is 5.92 Å². The lowest BCUT2D eigenvalue weighted by molar-refractivity contribution is -0.177. The van der Waals surface area contributed by atoms with Gasteiger partial charge in [0.05, 0.1) is 13.2 Å². The van der Waals surface area contributed by atoms with Gasteiger partial charge in [-0.15, -0.1) is 0 Å². The maximum atomic E-state index is 11.9. The number of hydrogen-bond donors (Lipinski definition) is 1. The van der Waals surface area contributed by atoms with Gasteiger partial charge in [0.1, 0.15) is 6.61 Å². The molecular formula is C11H13F3N2O4. The lowest BCUT2D eigenvalue weighted by Crippen LogP contribution is -2.23. The second-order valence-electron chi connectivity index (χ2n) is 4.49. The van der Waals surface area contributed by atoms with Gasteiger partial charge in [0, 0.05) is 18.5 Å². The second-order valence-corrected chi connectivity index (χ2v) is 4.49. The van der Waals surface area contributed by atoms with Gasteiger partial charge in [0.25, 0.3) is 0 Å². The van der Waals surface area contributed by atoms with Crippen molar-refractivity contribution in [3.63, 3.8) is 0 Å². The summed E-state index contributed by atoms with van der Waals surface area (Å²) in [6.45, 7) is -0.793. The highest BCUT2D eigenvalue weighted by molar-refractivity contribution is 5.85. The van der Waals surface area contributed by atoms with Gasteiger partial charge in [0.15, 0.2) is 5.69 Å². The Labute approximate surface area is 112 Å². The van der Waals surface area contributed by atoms with Gasteiger partial charge >= 0.3 is 12.1 Å². The van der Waals surface area contributed by atoms with Crippen molar-refractivity contribution in [1.82, 2.24) is 9.78 Å². The van der Waals surface area contributed by atoms with E-state index in [-0.39, 0.29) is 24.8 Å². The number of aryl methyl sites for hydroxylation is 1. The fourth-order valence-electron chi connectivity index (χ4n) is 1.84. The molecule has 6 nitrogen and oxygen atoms in total. The van der Waals surface area contributed by atoms with Crippen LogP contribution in [0, 0.1) is 5.92 Å². The third kappa shape index (κ3) is 3.86. The average molecular weight is 294 g/mol. The Bertz CT molecular complexity index is 461. The Kier molecular flexibility index (Phi) is 4.17. The zero-order valence-electron chi connectivity index (χ0n) is 10.4. The highest BCUT2D eigenvalue weighted by Gasteiger charge is 2.28. The molecule has 1 atom stereocenters. The zero-order chi connectivity index (χ0) is 14.8. The van der Waals surface area contributed by atoms with Crippen molar-refractivity contribution in [3.05, 3.63) is 11.8 Å². The van der Waals surface area contributed by atoms with Crippen molar-refractivity contribution >= 4 is 5.97 Å². The first-order valence-corrected chi connectivity index (χ1v) is 5.93. The molecule has 1 aromatic heterocycles. The first kappa shape index (κ1) is 14.6. The molecule has 0 bridgehead atoms. The fraction of sp³-hybridized carbons (Fsp3) is 0.636. The van der Waals surface area contributed by atoms with Crippen LogP contribution in [-0.4, -0.2) is 46.9 Å². The van der Waals surface area contributed by atoms with Crippen molar-refractivity contribution in [1.29, 1.82) is 0 Å². The number of aromatic nitrogens is 2. The monoisotopic (exact) mass is 294 g/mol. The molecule has 1 aliphatic heterocycles. The summed E-state index contributed by atoms with van der Waals surface area (Å²) in [6, 6.07) is 1.29. The van der Waals surface area contributed by atoms with Crippen LogP contribution in [-0.2, 0) is 11.3 Å². The molecule has 0 aliphatic carbocycles. The predicted molar refractivity (Wildman–Crippen MR) is 59.7 cm³/mol. The number of alkyl halides is 3. The van der Waals surface area contributed by atoms with Gasteiger partial charge in [-0.25, -0.2) is 9.48 Å². The highest BCUT2D eigenvalue weighted by atomic mass is 19.4. The lowest BCUT2D eigenvalue weighted by atomic mass is 10.1. The molecule has 0 aromatic carbocycles. The van der Waals surface area contributed by atoms with Crippen LogP contribution in [0.1, 0.15) is 16.9 Å². The van der Waals surface area contributed by atoms with E-state index in [0.29, 0.717) is 18.8 Å². The third-order valence-electron chi connectivity index (χ3n) is 2.80. The minimum atomic E-state index is -4.34. The molecule has 112 valence electrons. The topological polar surface area (TPSA) is 73.6 Å². The third-order valence-corrected chi connectivity index (χ3v) is 2.80. The molecule has 1 aliphatic rings. The quantitative estimate of drug-likeness (QED) is 0.912. The molecular weight excluding hydrogens is 281 g/mol. The van der Waals surface area contributed by atoms with E-state index in [1.165, 1.54) is 10.7 Å². The van der Waals surface area contributed by atoms with Crippen LogP contribution in [0.4, 0.5) is 13.2 Å². The average Bonchev–Trinajstić information content (AvgIpc) is 2.66. The number of fused-ring (bicyclic) bond motifs is 1. The zero-order valence-corrected chi connectivity index (χ0v) is 10.4. The molecule has 0 saturated heterocycles. The summed E-state index contributed by atoms with van der Waals surface area (Å²) in [5.74, 6) is -1.03. The van der Waals surface area contributed by atoms with Crippen LogP contribution in [0.15, 0.2) is 6.07 Å². The molecule has 20 heavy (non-hydrogen) atoms. The number of nitrogens with zero attached hydrogens (tertiary/aromatic N) is 2.